The van der Waals surface area contributed by atoms with Crippen molar-refractivity contribution in [2.45, 2.75) is 43.0 Å². The van der Waals surface area contributed by atoms with E-state index in [4.69, 9.17) is 4.74 Å². The zero-order valence-corrected chi connectivity index (χ0v) is 12.2. The van der Waals surface area contributed by atoms with Gasteiger partial charge in [0.2, 0.25) is 5.91 Å². The number of carbonyl (C=O) groups excluding carboxylic acids is 1. The van der Waals surface area contributed by atoms with E-state index in [1.165, 1.54) is 17.7 Å². The second kappa shape index (κ2) is 7.43. The van der Waals surface area contributed by atoms with Crippen LogP contribution in [0.5, 0.6) is 5.75 Å². The van der Waals surface area contributed by atoms with Crippen molar-refractivity contribution in [3.8, 4) is 5.75 Å². The SMILES string of the molecule is COc1ccc(SCCC(=O)NC2CCCC2)cc1. The topological polar surface area (TPSA) is 38.3 Å². The molecule has 0 spiro atoms. The molecule has 19 heavy (non-hydrogen) atoms. The lowest BCUT2D eigenvalue weighted by Gasteiger charge is -2.11. The van der Waals surface area contributed by atoms with Crippen LogP contribution in [0.25, 0.3) is 0 Å². The summed E-state index contributed by atoms with van der Waals surface area (Å²) in [4.78, 5) is 12.9. The minimum absolute atomic E-state index is 0.188. The van der Waals surface area contributed by atoms with Gasteiger partial charge in [0.05, 0.1) is 7.11 Å². The van der Waals surface area contributed by atoms with E-state index in [0.29, 0.717) is 12.5 Å². The lowest BCUT2D eigenvalue weighted by molar-refractivity contribution is -0.121. The average molecular weight is 279 g/mol. The number of amides is 1. The van der Waals surface area contributed by atoms with Gasteiger partial charge >= 0.3 is 0 Å². The minimum atomic E-state index is 0.188. The van der Waals surface area contributed by atoms with Gasteiger partial charge in [-0.2, -0.15) is 0 Å². The molecule has 3 nitrogen and oxygen atoms in total. The van der Waals surface area contributed by atoms with Gasteiger partial charge in [-0.15, -0.1) is 11.8 Å². The molecule has 0 unspecified atom stereocenters. The Morgan fingerprint density at radius 1 is 1.32 bits per heavy atom. The summed E-state index contributed by atoms with van der Waals surface area (Å²) in [6.07, 6.45) is 5.40. The fourth-order valence-corrected chi connectivity index (χ4v) is 3.16. The molecule has 0 bridgehead atoms. The maximum Gasteiger partial charge on any atom is 0.221 e. The molecule has 0 saturated heterocycles. The normalized spacial score (nSPS) is 15.4. The van der Waals surface area contributed by atoms with Crippen molar-refractivity contribution < 1.29 is 9.53 Å². The van der Waals surface area contributed by atoms with E-state index in [-0.39, 0.29) is 5.91 Å². The molecular weight excluding hydrogens is 258 g/mol. The largest absolute Gasteiger partial charge is 0.497 e. The lowest BCUT2D eigenvalue weighted by atomic mass is 10.2. The van der Waals surface area contributed by atoms with Gasteiger partial charge < -0.3 is 10.1 Å². The molecule has 2 rings (SSSR count). The Morgan fingerprint density at radius 2 is 2.00 bits per heavy atom. The molecule has 0 aliphatic heterocycles. The third kappa shape index (κ3) is 4.78. The Kier molecular flexibility index (Phi) is 5.58. The number of thioether (sulfide) groups is 1. The Balaban J connectivity index is 1.65. The van der Waals surface area contributed by atoms with Gasteiger partial charge in [0.1, 0.15) is 5.75 Å². The zero-order valence-electron chi connectivity index (χ0n) is 11.4. The molecule has 0 atom stereocenters. The van der Waals surface area contributed by atoms with Gasteiger partial charge in [-0.3, -0.25) is 4.79 Å². The molecule has 1 aliphatic carbocycles. The third-order valence-corrected chi connectivity index (χ3v) is 4.39. The number of rotatable bonds is 6. The predicted molar refractivity (Wildman–Crippen MR) is 78.7 cm³/mol. The van der Waals surface area contributed by atoms with E-state index in [9.17, 15) is 4.79 Å². The summed E-state index contributed by atoms with van der Waals surface area (Å²) in [7, 11) is 1.66. The molecule has 1 amide bonds. The smallest absolute Gasteiger partial charge is 0.221 e. The maximum absolute atomic E-state index is 11.7. The van der Waals surface area contributed by atoms with Crippen LogP contribution in [0.1, 0.15) is 32.1 Å². The summed E-state index contributed by atoms with van der Waals surface area (Å²) in [5.41, 5.74) is 0. The zero-order chi connectivity index (χ0) is 13.5. The van der Waals surface area contributed by atoms with Crippen molar-refractivity contribution in [1.82, 2.24) is 5.32 Å². The van der Waals surface area contributed by atoms with E-state index in [1.54, 1.807) is 18.9 Å². The Labute approximate surface area is 119 Å². The molecule has 0 heterocycles. The van der Waals surface area contributed by atoms with Crippen LogP contribution in [0, 0.1) is 0 Å². The molecular formula is C15H21NO2S. The fraction of sp³-hybridized carbons (Fsp3) is 0.533. The molecule has 1 fully saturated rings. The van der Waals surface area contributed by atoms with E-state index in [2.05, 4.69) is 5.32 Å². The molecule has 1 aliphatic rings. The summed E-state index contributed by atoms with van der Waals surface area (Å²) < 4.78 is 5.11. The molecule has 104 valence electrons. The number of methoxy groups -OCH3 is 1. The van der Waals surface area contributed by atoms with Crippen LogP contribution >= 0.6 is 11.8 Å². The monoisotopic (exact) mass is 279 g/mol. The second-order valence-electron chi connectivity index (χ2n) is 4.82. The van der Waals surface area contributed by atoms with Crippen LogP contribution < -0.4 is 10.1 Å². The highest BCUT2D eigenvalue weighted by Gasteiger charge is 2.16. The standard InChI is InChI=1S/C15H21NO2S/c1-18-13-6-8-14(9-7-13)19-11-10-15(17)16-12-4-2-3-5-12/h6-9,12H,2-5,10-11H2,1H3,(H,16,17). The van der Waals surface area contributed by atoms with Crippen molar-refractivity contribution in [3.63, 3.8) is 0 Å². The molecule has 1 N–H and O–H groups in total. The van der Waals surface area contributed by atoms with Gasteiger partial charge in [-0.25, -0.2) is 0 Å². The first-order valence-electron chi connectivity index (χ1n) is 6.84. The number of nitrogens with one attached hydrogen (secondary N) is 1. The fourth-order valence-electron chi connectivity index (χ4n) is 2.30. The highest BCUT2D eigenvalue weighted by atomic mass is 32.2. The van der Waals surface area contributed by atoms with Crippen molar-refractivity contribution in [2.75, 3.05) is 12.9 Å². The summed E-state index contributed by atoms with van der Waals surface area (Å²) in [5, 5.41) is 3.11. The Morgan fingerprint density at radius 3 is 2.63 bits per heavy atom. The van der Waals surface area contributed by atoms with Gasteiger partial charge in [-0.05, 0) is 37.1 Å². The molecule has 1 aromatic carbocycles. The number of ether oxygens (including phenoxy) is 1. The average Bonchev–Trinajstić information content (AvgIpc) is 2.92. The predicted octanol–water partition coefficient (Wildman–Crippen LogP) is 3.24. The van der Waals surface area contributed by atoms with Crippen LogP contribution in [0.2, 0.25) is 0 Å². The molecule has 0 radical (unpaired) electrons. The van der Waals surface area contributed by atoms with Crippen LogP contribution in [0.15, 0.2) is 29.2 Å². The summed E-state index contributed by atoms with van der Waals surface area (Å²) in [6, 6.07) is 8.37. The van der Waals surface area contributed by atoms with Crippen LogP contribution in [-0.2, 0) is 4.79 Å². The maximum atomic E-state index is 11.7. The third-order valence-electron chi connectivity index (χ3n) is 3.38. The van der Waals surface area contributed by atoms with Crippen molar-refractivity contribution >= 4 is 17.7 Å². The van der Waals surface area contributed by atoms with E-state index >= 15 is 0 Å². The van der Waals surface area contributed by atoms with Crippen LogP contribution in [-0.4, -0.2) is 24.8 Å². The molecule has 0 aromatic heterocycles. The summed E-state index contributed by atoms with van der Waals surface area (Å²) in [6.45, 7) is 0. The van der Waals surface area contributed by atoms with E-state index in [1.807, 2.05) is 24.3 Å². The number of hydrogen-bond donors (Lipinski definition) is 1. The van der Waals surface area contributed by atoms with Gasteiger partial charge in [0.15, 0.2) is 0 Å². The van der Waals surface area contributed by atoms with Crippen molar-refractivity contribution in [1.29, 1.82) is 0 Å². The Hall–Kier alpha value is -1.16. The van der Waals surface area contributed by atoms with E-state index < -0.39 is 0 Å². The molecule has 1 aromatic rings. The van der Waals surface area contributed by atoms with E-state index in [0.717, 1.165) is 24.3 Å². The van der Waals surface area contributed by atoms with Gasteiger partial charge in [0, 0.05) is 23.1 Å². The lowest BCUT2D eigenvalue weighted by Crippen LogP contribution is -2.32. The Bertz CT molecular complexity index is 399. The highest BCUT2D eigenvalue weighted by molar-refractivity contribution is 7.99. The second-order valence-corrected chi connectivity index (χ2v) is 5.99. The van der Waals surface area contributed by atoms with Crippen LogP contribution in [0.3, 0.4) is 0 Å². The molecule has 1 saturated carbocycles. The highest BCUT2D eigenvalue weighted by Crippen LogP contribution is 2.22. The quantitative estimate of drug-likeness (QED) is 0.812. The summed E-state index contributed by atoms with van der Waals surface area (Å²) in [5.74, 6) is 1.88. The van der Waals surface area contributed by atoms with Gasteiger partial charge in [0.25, 0.3) is 0 Å². The number of hydrogen-bond acceptors (Lipinski definition) is 3. The first kappa shape index (κ1) is 14.3. The first-order valence-corrected chi connectivity index (χ1v) is 7.82. The van der Waals surface area contributed by atoms with Gasteiger partial charge in [-0.1, -0.05) is 12.8 Å². The number of carbonyl (C=O) groups is 1. The number of benzene rings is 1. The van der Waals surface area contributed by atoms with Crippen LogP contribution in [0.4, 0.5) is 0 Å². The first-order chi connectivity index (χ1) is 9.28. The summed E-state index contributed by atoms with van der Waals surface area (Å²) >= 11 is 1.71. The van der Waals surface area contributed by atoms with Crippen molar-refractivity contribution in [3.05, 3.63) is 24.3 Å². The minimum Gasteiger partial charge on any atom is -0.497 e. The van der Waals surface area contributed by atoms with Crippen molar-refractivity contribution in [2.24, 2.45) is 0 Å². The molecule has 4 heteroatoms.